The quantitative estimate of drug-likeness (QED) is 0.768. The molecule has 1 heterocycles. The van der Waals surface area contributed by atoms with Crippen molar-refractivity contribution in [2.45, 2.75) is 51.7 Å². The normalized spacial score (nSPS) is 13.7. The second-order valence-electron chi connectivity index (χ2n) is 6.28. The Morgan fingerprint density at radius 2 is 2.05 bits per heavy atom. The number of ether oxygens (including phenoxy) is 1. The van der Waals surface area contributed by atoms with Gasteiger partial charge in [-0.2, -0.15) is 0 Å². The Morgan fingerprint density at radius 1 is 1.29 bits per heavy atom. The van der Waals surface area contributed by atoms with E-state index in [1.807, 2.05) is 11.3 Å². The molecular formula is C18H27NOS. The molecule has 0 fully saturated rings. The average molecular weight is 305 g/mol. The van der Waals surface area contributed by atoms with Gasteiger partial charge in [-0.25, -0.2) is 0 Å². The SMILES string of the molecule is CCCNC(Cc1csc2ccccc12)CC(C)(C)OC. The molecule has 1 aromatic heterocycles. The summed E-state index contributed by atoms with van der Waals surface area (Å²) in [7, 11) is 1.80. The van der Waals surface area contributed by atoms with Crippen molar-refractivity contribution in [3.8, 4) is 0 Å². The predicted molar refractivity (Wildman–Crippen MR) is 93.3 cm³/mol. The van der Waals surface area contributed by atoms with Gasteiger partial charge in [0.1, 0.15) is 0 Å². The molecule has 0 saturated heterocycles. The van der Waals surface area contributed by atoms with Gasteiger partial charge in [0.05, 0.1) is 5.60 Å². The predicted octanol–water partition coefficient (Wildman–Crippen LogP) is 4.63. The lowest BCUT2D eigenvalue weighted by Crippen LogP contribution is -2.39. The maximum atomic E-state index is 5.62. The second-order valence-corrected chi connectivity index (χ2v) is 7.19. The van der Waals surface area contributed by atoms with Crippen molar-refractivity contribution in [3.63, 3.8) is 0 Å². The van der Waals surface area contributed by atoms with Gasteiger partial charge < -0.3 is 10.1 Å². The van der Waals surface area contributed by atoms with E-state index in [0.717, 1.165) is 25.8 Å². The summed E-state index contributed by atoms with van der Waals surface area (Å²) in [5, 5.41) is 7.40. The summed E-state index contributed by atoms with van der Waals surface area (Å²) < 4.78 is 7.00. The van der Waals surface area contributed by atoms with Crippen LogP contribution in [0.2, 0.25) is 0 Å². The van der Waals surface area contributed by atoms with Crippen LogP contribution in [0.1, 0.15) is 39.2 Å². The number of thiophene rings is 1. The molecule has 21 heavy (non-hydrogen) atoms. The number of benzene rings is 1. The van der Waals surface area contributed by atoms with Crippen LogP contribution in [0.5, 0.6) is 0 Å². The summed E-state index contributed by atoms with van der Waals surface area (Å²) in [6.45, 7) is 7.61. The van der Waals surface area contributed by atoms with Gasteiger partial charge in [0.2, 0.25) is 0 Å². The Kier molecular flexibility index (Phi) is 5.80. The average Bonchev–Trinajstić information content (AvgIpc) is 2.88. The van der Waals surface area contributed by atoms with Crippen LogP contribution >= 0.6 is 11.3 Å². The molecule has 0 aliphatic heterocycles. The molecule has 2 rings (SSSR count). The van der Waals surface area contributed by atoms with E-state index in [1.165, 1.54) is 15.6 Å². The lowest BCUT2D eigenvalue weighted by molar-refractivity contribution is 0.00717. The van der Waals surface area contributed by atoms with Gasteiger partial charge in [0.25, 0.3) is 0 Å². The third kappa shape index (κ3) is 4.53. The van der Waals surface area contributed by atoms with Crippen molar-refractivity contribution in [2.24, 2.45) is 0 Å². The molecule has 3 heteroatoms. The fourth-order valence-electron chi connectivity index (χ4n) is 2.70. The van der Waals surface area contributed by atoms with E-state index in [9.17, 15) is 0 Å². The summed E-state index contributed by atoms with van der Waals surface area (Å²) in [6.07, 6.45) is 3.25. The van der Waals surface area contributed by atoms with Crippen LogP contribution in [0.25, 0.3) is 10.1 Å². The van der Waals surface area contributed by atoms with Crippen molar-refractivity contribution in [2.75, 3.05) is 13.7 Å². The van der Waals surface area contributed by atoms with Crippen molar-refractivity contribution in [1.29, 1.82) is 0 Å². The fraction of sp³-hybridized carbons (Fsp3) is 0.556. The van der Waals surface area contributed by atoms with Crippen LogP contribution in [0.4, 0.5) is 0 Å². The van der Waals surface area contributed by atoms with Gasteiger partial charge in [-0.05, 0) is 62.1 Å². The van der Waals surface area contributed by atoms with Crippen LogP contribution in [0.3, 0.4) is 0 Å². The molecule has 1 aromatic carbocycles. The van der Waals surface area contributed by atoms with Crippen molar-refractivity contribution in [3.05, 3.63) is 35.2 Å². The zero-order chi connectivity index (χ0) is 15.3. The van der Waals surface area contributed by atoms with E-state index < -0.39 is 0 Å². The van der Waals surface area contributed by atoms with Gasteiger partial charge in [0, 0.05) is 17.9 Å². The van der Waals surface area contributed by atoms with E-state index in [1.54, 1.807) is 7.11 Å². The van der Waals surface area contributed by atoms with Crippen LogP contribution in [0, 0.1) is 0 Å². The van der Waals surface area contributed by atoms with E-state index in [0.29, 0.717) is 6.04 Å². The summed E-state index contributed by atoms with van der Waals surface area (Å²) in [5.74, 6) is 0. The van der Waals surface area contributed by atoms with E-state index >= 15 is 0 Å². The summed E-state index contributed by atoms with van der Waals surface area (Å²) in [6, 6.07) is 9.14. The Balaban J connectivity index is 2.13. The molecular weight excluding hydrogens is 278 g/mol. The maximum absolute atomic E-state index is 5.62. The number of methoxy groups -OCH3 is 1. The van der Waals surface area contributed by atoms with Crippen LogP contribution < -0.4 is 5.32 Å². The third-order valence-electron chi connectivity index (χ3n) is 4.00. The molecule has 1 N–H and O–H groups in total. The van der Waals surface area contributed by atoms with Gasteiger partial charge in [-0.3, -0.25) is 0 Å². The number of rotatable bonds is 8. The van der Waals surface area contributed by atoms with E-state index in [-0.39, 0.29) is 5.60 Å². The Morgan fingerprint density at radius 3 is 2.76 bits per heavy atom. The standard InChI is InChI=1S/C18H27NOS/c1-5-10-19-15(12-18(2,3)20-4)11-14-13-21-17-9-7-6-8-16(14)17/h6-9,13,15,19H,5,10-12H2,1-4H3. The van der Waals surface area contributed by atoms with Crippen LogP contribution in [-0.2, 0) is 11.2 Å². The molecule has 0 bridgehead atoms. The second kappa shape index (κ2) is 7.39. The van der Waals surface area contributed by atoms with Gasteiger partial charge >= 0.3 is 0 Å². The highest BCUT2D eigenvalue weighted by molar-refractivity contribution is 7.17. The minimum absolute atomic E-state index is 0.0861. The largest absolute Gasteiger partial charge is 0.379 e. The molecule has 0 amide bonds. The maximum Gasteiger partial charge on any atom is 0.0637 e. The Bertz CT molecular complexity index is 561. The summed E-state index contributed by atoms with van der Waals surface area (Å²) in [5.41, 5.74) is 1.37. The minimum Gasteiger partial charge on any atom is -0.379 e. The summed E-state index contributed by atoms with van der Waals surface area (Å²) in [4.78, 5) is 0. The summed E-state index contributed by atoms with van der Waals surface area (Å²) >= 11 is 1.84. The molecule has 0 radical (unpaired) electrons. The first-order valence-corrected chi connectivity index (χ1v) is 8.67. The van der Waals surface area contributed by atoms with Crippen molar-refractivity contribution in [1.82, 2.24) is 5.32 Å². The van der Waals surface area contributed by atoms with Gasteiger partial charge in [0.15, 0.2) is 0 Å². The van der Waals surface area contributed by atoms with Crippen molar-refractivity contribution >= 4 is 21.4 Å². The molecule has 116 valence electrons. The lowest BCUT2D eigenvalue weighted by Gasteiger charge is -2.29. The molecule has 0 aliphatic rings. The minimum atomic E-state index is -0.0861. The highest BCUT2D eigenvalue weighted by Crippen LogP contribution is 2.28. The first-order chi connectivity index (χ1) is 10.1. The molecule has 2 aromatic rings. The molecule has 1 atom stereocenters. The fourth-order valence-corrected chi connectivity index (χ4v) is 3.67. The molecule has 1 unspecified atom stereocenters. The number of fused-ring (bicyclic) bond motifs is 1. The van der Waals surface area contributed by atoms with Gasteiger partial charge in [-0.15, -0.1) is 11.3 Å². The monoisotopic (exact) mass is 305 g/mol. The zero-order valence-electron chi connectivity index (χ0n) is 13.6. The zero-order valence-corrected chi connectivity index (χ0v) is 14.4. The number of hydrogen-bond acceptors (Lipinski definition) is 3. The molecule has 0 saturated carbocycles. The van der Waals surface area contributed by atoms with Crippen LogP contribution in [-0.4, -0.2) is 25.3 Å². The third-order valence-corrected chi connectivity index (χ3v) is 5.01. The lowest BCUT2D eigenvalue weighted by atomic mass is 9.93. The Labute approximate surface area is 132 Å². The smallest absolute Gasteiger partial charge is 0.0637 e. The highest BCUT2D eigenvalue weighted by Gasteiger charge is 2.23. The van der Waals surface area contributed by atoms with Crippen LogP contribution in [0.15, 0.2) is 29.6 Å². The Hall–Kier alpha value is -0.900. The number of nitrogens with one attached hydrogen (secondary N) is 1. The first kappa shape index (κ1) is 16.5. The van der Waals surface area contributed by atoms with E-state index in [4.69, 9.17) is 4.74 Å². The number of hydrogen-bond donors (Lipinski definition) is 1. The topological polar surface area (TPSA) is 21.3 Å². The molecule has 0 spiro atoms. The highest BCUT2D eigenvalue weighted by atomic mass is 32.1. The van der Waals surface area contributed by atoms with Crippen molar-refractivity contribution < 1.29 is 4.74 Å². The molecule has 0 aliphatic carbocycles. The van der Waals surface area contributed by atoms with E-state index in [2.05, 4.69) is 55.7 Å². The molecule has 2 nitrogen and oxygen atoms in total. The van der Waals surface area contributed by atoms with Gasteiger partial charge in [-0.1, -0.05) is 25.1 Å². The first-order valence-electron chi connectivity index (χ1n) is 7.79.